The molecule has 0 amide bonds. The Morgan fingerprint density at radius 2 is 1.96 bits per heavy atom. The van der Waals surface area contributed by atoms with Crippen LogP contribution in [-0.2, 0) is 6.54 Å². The lowest BCUT2D eigenvalue weighted by atomic mass is 10.2. The van der Waals surface area contributed by atoms with Crippen LogP contribution in [0, 0.1) is 0 Å². The fraction of sp³-hybridized carbons (Fsp3) is 0.167. The van der Waals surface area contributed by atoms with E-state index >= 15 is 0 Å². The van der Waals surface area contributed by atoms with Crippen LogP contribution in [0.1, 0.15) is 5.56 Å². The summed E-state index contributed by atoms with van der Waals surface area (Å²) in [6, 6.07) is 14.2. The quantitative estimate of drug-likeness (QED) is 0.781. The van der Waals surface area contributed by atoms with Crippen LogP contribution in [0.2, 0.25) is 0 Å². The van der Waals surface area contributed by atoms with E-state index in [1.54, 1.807) is 11.3 Å². The molecule has 0 saturated heterocycles. The van der Waals surface area contributed by atoms with Crippen molar-refractivity contribution in [2.75, 3.05) is 18.5 Å². The Kier molecular flexibility index (Phi) is 3.86. The Labute approximate surface area is 138 Å². The van der Waals surface area contributed by atoms with E-state index in [0.717, 1.165) is 35.0 Å². The van der Waals surface area contributed by atoms with Crippen LogP contribution >= 0.6 is 11.3 Å². The van der Waals surface area contributed by atoms with E-state index in [4.69, 9.17) is 9.47 Å². The Morgan fingerprint density at radius 1 is 1.04 bits per heavy atom. The molecule has 1 aromatic carbocycles. The average Bonchev–Trinajstić information content (AvgIpc) is 3.15. The predicted molar refractivity (Wildman–Crippen MR) is 92.3 cm³/mol. The van der Waals surface area contributed by atoms with Gasteiger partial charge in [0.2, 0.25) is 0 Å². The summed E-state index contributed by atoms with van der Waals surface area (Å²) in [5.74, 6) is 1.64. The molecule has 0 atom stereocenters. The highest BCUT2D eigenvalue weighted by molar-refractivity contribution is 7.13. The molecule has 1 aliphatic heterocycles. The van der Waals surface area contributed by atoms with Crippen molar-refractivity contribution in [1.29, 1.82) is 0 Å². The second-order valence-corrected chi connectivity index (χ2v) is 6.19. The minimum atomic E-state index is 0.609. The number of hydrogen-bond donors (Lipinski definition) is 1. The number of benzene rings is 1. The van der Waals surface area contributed by atoms with Gasteiger partial charge in [0.05, 0.1) is 22.5 Å². The molecule has 5 heteroatoms. The molecule has 4 nitrogen and oxygen atoms in total. The molecule has 116 valence electrons. The normalized spacial score (nSPS) is 12.9. The standard InChI is InChI=1S/C18H16N2O2S/c1-2-18(23-9-1)15-5-4-14(12-20-15)19-11-13-3-6-16-17(10-13)22-8-7-21-16/h1-6,9-10,12,19H,7-8,11H2. The van der Waals surface area contributed by atoms with Gasteiger partial charge in [-0.05, 0) is 41.3 Å². The van der Waals surface area contributed by atoms with Crippen molar-refractivity contribution >= 4 is 17.0 Å². The van der Waals surface area contributed by atoms with Gasteiger partial charge in [-0.1, -0.05) is 12.1 Å². The maximum Gasteiger partial charge on any atom is 0.161 e. The summed E-state index contributed by atoms with van der Waals surface area (Å²) in [6.07, 6.45) is 1.87. The summed E-state index contributed by atoms with van der Waals surface area (Å²) >= 11 is 1.70. The van der Waals surface area contributed by atoms with Crippen molar-refractivity contribution in [3.8, 4) is 22.1 Å². The van der Waals surface area contributed by atoms with Crippen LogP contribution in [0.4, 0.5) is 5.69 Å². The van der Waals surface area contributed by atoms with Gasteiger partial charge >= 0.3 is 0 Å². The zero-order chi connectivity index (χ0) is 15.5. The summed E-state index contributed by atoms with van der Waals surface area (Å²) < 4.78 is 11.1. The van der Waals surface area contributed by atoms with E-state index in [1.165, 1.54) is 4.88 Å². The highest BCUT2D eigenvalue weighted by Gasteiger charge is 2.11. The lowest BCUT2D eigenvalue weighted by molar-refractivity contribution is 0.171. The SMILES string of the molecule is c1csc(-c2ccc(NCc3ccc4c(c3)OCCO4)cn2)c1. The maximum atomic E-state index is 5.61. The van der Waals surface area contributed by atoms with E-state index in [9.17, 15) is 0 Å². The molecule has 1 N–H and O–H groups in total. The minimum absolute atomic E-state index is 0.609. The molecular weight excluding hydrogens is 308 g/mol. The van der Waals surface area contributed by atoms with E-state index in [1.807, 2.05) is 36.5 Å². The lowest BCUT2D eigenvalue weighted by Crippen LogP contribution is -2.15. The van der Waals surface area contributed by atoms with Crippen molar-refractivity contribution in [1.82, 2.24) is 4.98 Å². The van der Waals surface area contributed by atoms with Gasteiger partial charge in [0.25, 0.3) is 0 Å². The third-order valence-electron chi connectivity index (χ3n) is 3.64. The number of aromatic nitrogens is 1. The third kappa shape index (κ3) is 3.14. The average molecular weight is 324 g/mol. The molecular formula is C18H16N2O2S. The number of hydrogen-bond acceptors (Lipinski definition) is 5. The lowest BCUT2D eigenvalue weighted by Gasteiger charge is -2.19. The second kappa shape index (κ2) is 6.30. The third-order valence-corrected chi connectivity index (χ3v) is 4.53. The van der Waals surface area contributed by atoms with Gasteiger partial charge in [-0.15, -0.1) is 11.3 Å². The number of rotatable bonds is 4. The summed E-state index contributed by atoms with van der Waals surface area (Å²) in [5.41, 5.74) is 3.15. The number of ether oxygens (including phenoxy) is 2. The first kappa shape index (κ1) is 14.1. The van der Waals surface area contributed by atoms with Gasteiger partial charge in [-0.3, -0.25) is 4.98 Å². The van der Waals surface area contributed by atoms with Crippen molar-refractivity contribution in [2.24, 2.45) is 0 Å². The molecule has 0 bridgehead atoms. The molecule has 0 saturated carbocycles. The number of fused-ring (bicyclic) bond motifs is 1. The Hall–Kier alpha value is -2.53. The largest absolute Gasteiger partial charge is 0.486 e. The predicted octanol–water partition coefficient (Wildman–Crippen LogP) is 4.19. The number of pyridine rings is 1. The molecule has 0 fully saturated rings. The van der Waals surface area contributed by atoms with Crippen LogP contribution in [0.5, 0.6) is 11.5 Å². The van der Waals surface area contributed by atoms with Crippen molar-refractivity contribution < 1.29 is 9.47 Å². The molecule has 3 aromatic rings. The van der Waals surface area contributed by atoms with Gasteiger partial charge < -0.3 is 14.8 Å². The molecule has 23 heavy (non-hydrogen) atoms. The number of nitrogens with zero attached hydrogens (tertiary/aromatic N) is 1. The van der Waals surface area contributed by atoms with Crippen LogP contribution in [-0.4, -0.2) is 18.2 Å². The van der Waals surface area contributed by atoms with Crippen molar-refractivity contribution in [2.45, 2.75) is 6.54 Å². The molecule has 0 spiro atoms. The second-order valence-electron chi connectivity index (χ2n) is 5.24. The minimum Gasteiger partial charge on any atom is -0.486 e. The number of nitrogens with one attached hydrogen (secondary N) is 1. The molecule has 0 radical (unpaired) electrons. The smallest absolute Gasteiger partial charge is 0.161 e. The van der Waals surface area contributed by atoms with Gasteiger partial charge in [0.1, 0.15) is 13.2 Å². The molecule has 2 aromatic heterocycles. The highest BCUT2D eigenvalue weighted by atomic mass is 32.1. The Balaban J connectivity index is 1.43. The zero-order valence-corrected chi connectivity index (χ0v) is 13.3. The Morgan fingerprint density at radius 3 is 2.74 bits per heavy atom. The van der Waals surface area contributed by atoms with Gasteiger partial charge in [0, 0.05) is 6.54 Å². The monoisotopic (exact) mass is 324 g/mol. The van der Waals surface area contributed by atoms with Crippen LogP contribution < -0.4 is 14.8 Å². The van der Waals surface area contributed by atoms with Crippen molar-refractivity contribution in [3.05, 3.63) is 59.6 Å². The van der Waals surface area contributed by atoms with E-state index in [2.05, 4.69) is 27.8 Å². The molecule has 4 rings (SSSR count). The van der Waals surface area contributed by atoms with E-state index < -0.39 is 0 Å². The van der Waals surface area contributed by atoms with Gasteiger partial charge in [-0.2, -0.15) is 0 Å². The molecule has 0 unspecified atom stereocenters. The maximum absolute atomic E-state index is 5.61. The Bertz CT molecular complexity index is 785. The first-order chi connectivity index (χ1) is 11.4. The topological polar surface area (TPSA) is 43.4 Å². The molecule has 3 heterocycles. The zero-order valence-electron chi connectivity index (χ0n) is 12.5. The molecule has 1 aliphatic rings. The van der Waals surface area contributed by atoms with Gasteiger partial charge in [0.15, 0.2) is 11.5 Å². The van der Waals surface area contributed by atoms with Crippen LogP contribution in [0.3, 0.4) is 0 Å². The summed E-state index contributed by atoms with van der Waals surface area (Å²) in [4.78, 5) is 5.69. The summed E-state index contributed by atoms with van der Waals surface area (Å²) in [6.45, 7) is 1.95. The van der Waals surface area contributed by atoms with E-state index in [-0.39, 0.29) is 0 Å². The first-order valence-electron chi connectivity index (χ1n) is 7.51. The fourth-order valence-corrected chi connectivity index (χ4v) is 3.17. The van der Waals surface area contributed by atoms with Crippen LogP contribution in [0.15, 0.2) is 54.0 Å². The summed E-state index contributed by atoms with van der Waals surface area (Å²) in [5, 5.41) is 5.45. The fourth-order valence-electron chi connectivity index (χ4n) is 2.47. The first-order valence-corrected chi connectivity index (χ1v) is 8.39. The number of anilines is 1. The summed E-state index contributed by atoms with van der Waals surface area (Å²) in [7, 11) is 0. The van der Waals surface area contributed by atoms with Gasteiger partial charge in [-0.25, -0.2) is 0 Å². The van der Waals surface area contributed by atoms with Crippen molar-refractivity contribution in [3.63, 3.8) is 0 Å². The van der Waals surface area contributed by atoms with E-state index in [0.29, 0.717) is 13.2 Å². The number of thiophene rings is 1. The molecule has 0 aliphatic carbocycles. The highest BCUT2D eigenvalue weighted by Crippen LogP contribution is 2.31. The van der Waals surface area contributed by atoms with Crippen LogP contribution in [0.25, 0.3) is 10.6 Å².